The third-order valence-corrected chi connectivity index (χ3v) is 4.58. The summed E-state index contributed by atoms with van der Waals surface area (Å²) in [5.41, 5.74) is -0.116. The number of carbonyl (C=O) groups is 1. The largest absolute Gasteiger partial charge is 0.342 e. The molecule has 0 radical (unpaired) electrons. The lowest BCUT2D eigenvalue weighted by Crippen LogP contribution is -2.43. The Morgan fingerprint density at radius 3 is 2.45 bits per heavy atom. The Hall–Kier alpha value is -1.89. The van der Waals surface area contributed by atoms with E-state index in [-0.39, 0.29) is 18.0 Å². The first kappa shape index (κ1) is 16.5. The van der Waals surface area contributed by atoms with Crippen LogP contribution in [0.5, 0.6) is 0 Å². The van der Waals surface area contributed by atoms with Crippen LogP contribution in [-0.2, 0) is 17.9 Å². The van der Waals surface area contributed by atoms with Crippen LogP contribution in [0.1, 0.15) is 27.2 Å². The highest BCUT2D eigenvalue weighted by Crippen LogP contribution is 2.15. The fraction of sp³-hybridized carbons (Fsp3) is 0.533. The Morgan fingerprint density at radius 2 is 1.86 bits per heavy atom. The van der Waals surface area contributed by atoms with Gasteiger partial charge in [-0.15, -0.1) is 11.3 Å². The third-order valence-electron chi connectivity index (χ3n) is 3.69. The number of thiophene rings is 1. The van der Waals surface area contributed by atoms with Crippen LogP contribution in [0, 0.1) is 0 Å². The first-order valence-corrected chi connectivity index (χ1v) is 8.41. The summed E-state index contributed by atoms with van der Waals surface area (Å²) in [7, 11) is 0. The van der Waals surface area contributed by atoms with Crippen molar-refractivity contribution in [2.45, 2.75) is 40.3 Å². The molecule has 0 unspecified atom stereocenters. The average molecular weight is 323 g/mol. The van der Waals surface area contributed by atoms with E-state index < -0.39 is 5.69 Å². The van der Waals surface area contributed by atoms with Gasteiger partial charge in [0.25, 0.3) is 5.56 Å². The lowest BCUT2D eigenvalue weighted by Gasteiger charge is -2.20. The van der Waals surface area contributed by atoms with Crippen LogP contribution in [0.15, 0.2) is 21.0 Å². The van der Waals surface area contributed by atoms with E-state index in [0.29, 0.717) is 36.3 Å². The van der Waals surface area contributed by atoms with Gasteiger partial charge in [0.05, 0.1) is 5.52 Å². The number of aromatic nitrogens is 2. The van der Waals surface area contributed by atoms with Crippen LogP contribution in [0.25, 0.3) is 10.2 Å². The highest BCUT2D eigenvalue weighted by Gasteiger charge is 2.17. The second-order valence-electron chi connectivity index (χ2n) is 5.03. The first-order valence-electron chi connectivity index (χ1n) is 7.53. The molecule has 0 aliphatic carbocycles. The van der Waals surface area contributed by atoms with Gasteiger partial charge in [0.2, 0.25) is 5.91 Å². The van der Waals surface area contributed by atoms with Gasteiger partial charge in [-0.1, -0.05) is 6.92 Å². The zero-order chi connectivity index (χ0) is 16.3. The summed E-state index contributed by atoms with van der Waals surface area (Å²) in [5, 5.41) is 1.78. The fourth-order valence-corrected chi connectivity index (χ4v) is 3.36. The van der Waals surface area contributed by atoms with Crippen molar-refractivity contribution in [2.24, 2.45) is 0 Å². The van der Waals surface area contributed by atoms with Gasteiger partial charge in [-0.05, 0) is 31.7 Å². The topological polar surface area (TPSA) is 64.3 Å². The summed E-state index contributed by atoms with van der Waals surface area (Å²) < 4.78 is 3.18. The van der Waals surface area contributed by atoms with E-state index in [4.69, 9.17) is 0 Å². The molecule has 7 heteroatoms. The molecule has 0 spiro atoms. The Kier molecular flexibility index (Phi) is 5.18. The Bertz CT molecular complexity index is 783. The Labute approximate surface area is 132 Å². The molecule has 2 aromatic heterocycles. The number of likely N-dealkylation sites (N-methyl/N-ethyl adjacent to an activating group) is 1. The van der Waals surface area contributed by atoms with Crippen LogP contribution < -0.4 is 11.2 Å². The van der Waals surface area contributed by atoms with Gasteiger partial charge in [-0.25, -0.2) is 4.79 Å². The normalized spacial score (nSPS) is 11.0. The highest BCUT2D eigenvalue weighted by atomic mass is 32.1. The van der Waals surface area contributed by atoms with Gasteiger partial charge < -0.3 is 4.90 Å². The fourth-order valence-electron chi connectivity index (χ4n) is 2.52. The standard InChI is InChI=1S/C15H21N3O3S/c1-4-8-17-14(20)13-11(7-9-22-13)18(15(17)21)10-12(19)16(5-2)6-3/h7,9H,4-6,8,10H2,1-3H3. The second kappa shape index (κ2) is 6.91. The van der Waals surface area contributed by atoms with Crippen molar-refractivity contribution in [3.8, 4) is 0 Å². The predicted octanol–water partition coefficient (Wildman–Crippen LogP) is 1.50. The summed E-state index contributed by atoms with van der Waals surface area (Å²) in [6.45, 7) is 7.26. The van der Waals surface area contributed by atoms with Crippen LogP contribution >= 0.6 is 11.3 Å². The quantitative estimate of drug-likeness (QED) is 0.809. The predicted molar refractivity (Wildman–Crippen MR) is 88.6 cm³/mol. The molecule has 0 N–H and O–H groups in total. The molecule has 0 saturated heterocycles. The molecule has 1 amide bonds. The molecule has 0 fully saturated rings. The number of amides is 1. The molecule has 0 aromatic carbocycles. The zero-order valence-corrected chi connectivity index (χ0v) is 14.0. The molecule has 0 bridgehead atoms. The second-order valence-corrected chi connectivity index (χ2v) is 5.94. The monoisotopic (exact) mass is 323 g/mol. The van der Waals surface area contributed by atoms with Crippen molar-refractivity contribution in [3.63, 3.8) is 0 Å². The average Bonchev–Trinajstić information content (AvgIpc) is 2.99. The van der Waals surface area contributed by atoms with Gasteiger partial charge in [0.1, 0.15) is 11.2 Å². The minimum atomic E-state index is -0.404. The molecule has 0 aliphatic rings. The van der Waals surface area contributed by atoms with Crippen LogP contribution in [0.2, 0.25) is 0 Å². The van der Waals surface area contributed by atoms with Crippen LogP contribution in [-0.4, -0.2) is 33.0 Å². The maximum absolute atomic E-state index is 12.6. The van der Waals surface area contributed by atoms with Gasteiger partial charge in [-0.3, -0.25) is 18.7 Å². The Balaban J connectivity index is 2.58. The molecule has 22 heavy (non-hydrogen) atoms. The summed E-state index contributed by atoms with van der Waals surface area (Å²) in [5.74, 6) is -0.110. The number of hydrogen-bond donors (Lipinski definition) is 0. The third kappa shape index (κ3) is 2.85. The molecule has 0 atom stereocenters. The molecule has 0 aliphatic heterocycles. The molecule has 6 nitrogen and oxygen atoms in total. The molecular formula is C15H21N3O3S. The number of carbonyl (C=O) groups excluding carboxylic acids is 1. The van der Waals surface area contributed by atoms with E-state index in [1.807, 2.05) is 20.8 Å². The van der Waals surface area contributed by atoms with Crippen LogP contribution in [0.4, 0.5) is 0 Å². The van der Waals surface area contributed by atoms with Crippen molar-refractivity contribution in [3.05, 3.63) is 32.3 Å². The van der Waals surface area contributed by atoms with Gasteiger partial charge >= 0.3 is 5.69 Å². The summed E-state index contributed by atoms with van der Waals surface area (Å²) in [6.07, 6.45) is 0.690. The zero-order valence-electron chi connectivity index (χ0n) is 13.2. The highest BCUT2D eigenvalue weighted by molar-refractivity contribution is 7.17. The van der Waals surface area contributed by atoms with E-state index in [2.05, 4.69) is 0 Å². The molecule has 120 valence electrons. The van der Waals surface area contributed by atoms with E-state index in [1.54, 1.807) is 16.3 Å². The van der Waals surface area contributed by atoms with Crippen molar-refractivity contribution in [1.82, 2.24) is 14.0 Å². The van der Waals surface area contributed by atoms with Gasteiger partial charge in [0.15, 0.2) is 0 Å². The molecular weight excluding hydrogens is 302 g/mol. The molecule has 2 heterocycles. The number of fused-ring (bicyclic) bond motifs is 1. The minimum Gasteiger partial charge on any atom is -0.342 e. The van der Waals surface area contributed by atoms with E-state index in [0.717, 1.165) is 0 Å². The van der Waals surface area contributed by atoms with E-state index in [1.165, 1.54) is 20.5 Å². The maximum Gasteiger partial charge on any atom is 0.332 e. The Morgan fingerprint density at radius 1 is 1.18 bits per heavy atom. The van der Waals surface area contributed by atoms with E-state index in [9.17, 15) is 14.4 Å². The number of hydrogen-bond acceptors (Lipinski definition) is 4. The first-order chi connectivity index (χ1) is 10.5. The molecule has 2 rings (SSSR count). The van der Waals surface area contributed by atoms with E-state index >= 15 is 0 Å². The van der Waals surface area contributed by atoms with Crippen LogP contribution in [0.3, 0.4) is 0 Å². The van der Waals surface area contributed by atoms with Crippen molar-refractivity contribution < 1.29 is 4.79 Å². The van der Waals surface area contributed by atoms with Crippen molar-refractivity contribution >= 4 is 27.5 Å². The minimum absolute atomic E-state index is 0.0300. The van der Waals surface area contributed by atoms with Crippen molar-refractivity contribution in [2.75, 3.05) is 13.1 Å². The van der Waals surface area contributed by atoms with Crippen molar-refractivity contribution in [1.29, 1.82) is 0 Å². The number of nitrogens with zero attached hydrogens (tertiary/aromatic N) is 3. The molecule has 0 saturated carbocycles. The number of rotatable bonds is 6. The lowest BCUT2D eigenvalue weighted by molar-refractivity contribution is -0.131. The SMILES string of the molecule is CCCn1c(=O)c2sccc2n(CC(=O)N(CC)CC)c1=O. The summed E-state index contributed by atoms with van der Waals surface area (Å²) >= 11 is 1.31. The van der Waals surface area contributed by atoms with Gasteiger partial charge in [0, 0.05) is 19.6 Å². The summed E-state index contributed by atoms with van der Waals surface area (Å²) in [4.78, 5) is 38.9. The summed E-state index contributed by atoms with van der Waals surface area (Å²) in [6, 6.07) is 1.73. The lowest BCUT2D eigenvalue weighted by atomic mass is 10.4. The molecule has 2 aromatic rings. The maximum atomic E-state index is 12.6. The smallest absolute Gasteiger partial charge is 0.332 e. The van der Waals surface area contributed by atoms with Gasteiger partial charge in [-0.2, -0.15) is 0 Å².